The zero-order valence-electron chi connectivity index (χ0n) is 14.3. The van der Waals surface area contributed by atoms with Gasteiger partial charge in [-0.05, 0) is 36.1 Å². The molecule has 2 aromatic rings. The normalized spacial score (nSPS) is 12.1. The van der Waals surface area contributed by atoms with Crippen molar-refractivity contribution in [1.82, 2.24) is 5.43 Å². The highest BCUT2D eigenvalue weighted by Gasteiger charge is 2.10. The molecule has 0 aliphatic carbocycles. The van der Waals surface area contributed by atoms with Crippen LogP contribution in [0.4, 0.5) is 0 Å². The van der Waals surface area contributed by atoms with Crippen LogP contribution in [0.25, 0.3) is 0 Å². The molecule has 2 aromatic carbocycles. The summed E-state index contributed by atoms with van der Waals surface area (Å²) < 4.78 is 5.60. The number of aromatic hydroxyl groups is 2. The van der Waals surface area contributed by atoms with Crippen LogP contribution in [0.1, 0.15) is 37.3 Å². The predicted molar refractivity (Wildman–Crippen MR) is 96.2 cm³/mol. The van der Waals surface area contributed by atoms with Gasteiger partial charge in [-0.1, -0.05) is 32.0 Å². The lowest BCUT2D eigenvalue weighted by molar-refractivity contribution is -0.123. The van der Waals surface area contributed by atoms with E-state index in [1.54, 1.807) is 0 Å². The van der Waals surface area contributed by atoms with Crippen molar-refractivity contribution in [3.63, 3.8) is 0 Å². The number of hydrazone groups is 1. The molecule has 0 bridgehead atoms. The summed E-state index contributed by atoms with van der Waals surface area (Å²) in [5, 5.41) is 22.6. The first-order chi connectivity index (χ1) is 12.0. The van der Waals surface area contributed by atoms with Gasteiger partial charge in [0.2, 0.25) is 0 Å². The number of rotatable bonds is 7. The molecule has 6 nitrogen and oxygen atoms in total. The van der Waals surface area contributed by atoms with Gasteiger partial charge in [0, 0.05) is 11.6 Å². The maximum absolute atomic E-state index is 11.8. The van der Waals surface area contributed by atoms with Gasteiger partial charge in [-0.15, -0.1) is 0 Å². The van der Waals surface area contributed by atoms with Gasteiger partial charge >= 0.3 is 0 Å². The lowest BCUT2D eigenvalue weighted by Crippen LogP contribution is -2.25. The molecule has 3 N–H and O–H groups in total. The minimum atomic E-state index is -0.409. The van der Waals surface area contributed by atoms with Gasteiger partial charge in [0.1, 0.15) is 17.2 Å². The Bertz CT molecular complexity index is 759. The molecule has 25 heavy (non-hydrogen) atoms. The number of nitrogens with one attached hydrogen (secondary N) is 1. The predicted octanol–water partition coefficient (Wildman–Crippen LogP) is 3.14. The third kappa shape index (κ3) is 5.24. The molecule has 0 saturated heterocycles. The van der Waals surface area contributed by atoms with E-state index in [4.69, 9.17) is 4.74 Å². The van der Waals surface area contributed by atoms with E-state index in [2.05, 4.69) is 24.4 Å². The van der Waals surface area contributed by atoms with E-state index in [-0.39, 0.29) is 18.1 Å². The minimum absolute atomic E-state index is 0.0490. The second-order valence-electron chi connectivity index (χ2n) is 5.67. The highest BCUT2D eigenvalue weighted by Crippen LogP contribution is 2.28. The lowest BCUT2D eigenvalue weighted by Gasteiger charge is -2.15. The molecule has 0 aliphatic heterocycles. The summed E-state index contributed by atoms with van der Waals surface area (Å²) in [4.78, 5) is 11.8. The standard InChI is InChI=1S/C19H22N2O4/c1-3-13(2)16-6-4-5-7-18(16)25-12-19(24)21-20-11-14-8-9-15(22)10-17(14)23/h4-11,13,22-23H,3,12H2,1-2H3,(H,21,24). The van der Waals surface area contributed by atoms with E-state index in [0.29, 0.717) is 17.2 Å². The van der Waals surface area contributed by atoms with Crippen LogP contribution >= 0.6 is 0 Å². The Morgan fingerprint density at radius 1 is 1.28 bits per heavy atom. The van der Waals surface area contributed by atoms with Gasteiger partial charge < -0.3 is 14.9 Å². The van der Waals surface area contributed by atoms with Gasteiger partial charge in [-0.2, -0.15) is 5.10 Å². The van der Waals surface area contributed by atoms with Crippen LogP contribution in [0.3, 0.4) is 0 Å². The average molecular weight is 342 g/mol. The molecule has 0 radical (unpaired) electrons. The number of phenolic OH excluding ortho intramolecular Hbond substituents is 2. The second kappa shape index (κ2) is 8.73. The smallest absolute Gasteiger partial charge is 0.277 e. The maximum Gasteiger partial charge on any atom is 0.277 e. The van der Waals surface area contributed by atoms with Crippen LogP contribution in [0.15, 0.2) is 47.6 Å². The summed E-state index contributed by atoms with van der Waals surface area (Å²) in [6.45, 7) is 4.05. The van der Waals surface area contributed by atoms with Crippen LogP contribution in [0.2, 0.25) is 0 Å². The van der Waals surface area contributed by atoms with E-state index in [1.807, 2.05) is 24.3 Å². The molecule has 0 heterocycles. The molecule has 6 heteroatoms. The van der Waals surface area contributed by atoms with Crippen molar-refractivity contribution in [3.05, 3.63) is 53.6 Å². The van der Waals surface area contributed by atoms with Gasteiger partial charge in [0.25, 0.3) is 5.91 Å². The monoisotopic (exact) mass is 342 g/mol. The number of carbonyl (C=O) groups excluding carboxylic acids is 1. The molecular formula is C19H22N2O4. The molecule has 1 amide bonds. The molecule has 2 rings (SSSR count). The van der Waals surface area contributed by atoms with E-state index in [0.717, 1.165) is 12.0 Å². The van der Waals surface area contributed by atoms with Crippen molar-refractivity contribution < 1.29 is 19.7 Å². The number of nitrogens with zero attached hydrogens (tertiary/aromatic N) is 1. The summed E-state index contributed by atoms with van der Waals surface area (Å²) >= 11 is 0. The maximum atomic E-state index is 11.8. The molecule has 0 aliphatic rings. The van der Waals surface area contributed by atoms with Crippen molar-refractivity contribution in [2.24, 2.45) is 5.10 Å². The summed E-state index contributed by atoms with van der Waals surface area (Å²) in [5.74, 6) is 0.444. The first-order valence-electron chi connectivity index (χ1n) is 8.06. The van der Waals surface area contributed by atoms with E-state index in [1.165, 1.54) is 24.4 Å². The highest BCUT2D eigenvalue weighted by atomic mass is 16.5. The van der Waals surface area contributed by atoms with Gasteiger partial charge in [-0.25, -0.2) is 5.43 Å². The fraction of sp³-hybridized carbons (Fsp3) is 0.263. The van der Waals surface area contributed by atoms with Crippen molar-refractivity contribution in [1.29, 1.82) is 0 Å². The van der Waals surface area contributed by atoms with Gasteiger partial charge in [0.05, 0.1) is 6.21 Å². The molecule has 0 saturated carbocycles. The fourth-order valence-electron chi connectivity index (χ4n) is 2.23. The van der Waals surface area contributed by atoms with E-state index >= 15 is 0 Å². The first kappa shape index (κ1) is 18.3. The quantitative estimate of drug-likeness (QED) is 0.532. The number of hydrogen-bond acceptors (Lipinski definition) is 5. The molecule has 0 spiro atoms. The average Bonchev–Trinajstić information content (AvgIpc) is 2.61. The summed E-state index contributed by atoms with van der Waals surface area (Å²) in [6.07, 6.45) is 2.27. The van der Waals surface area contributed by atoms with Crippen molar-refractivity contribution >= 4 is 12.1 Å². The number of para-hydroxylation sites is 1. The largest absolute Gasteiger partial charge is 0.508 e. The Hall–Kier alpha value is -3.02. The van der Waals surface area contributed by atoms with Crippen molar-refractivity contribution in [3.8, 4) is 17.2 Å². The molecule has 132 valence electrons. The van der Waals surface area contributed by atoms with E-state index < -0.39 is 5.91 Å². The molecule has 0 fully saturated rings. The topological polar surface area (TPSA) is 91.2 Å². The second-order valence-corrected chi connectivity index (χ2v) is 5.67. The highest BCUT2D eigenvalue weighted by molar-refractivity contribution is 5.85. The minimum Gasteiger partial charge on any atom is -0.508 e. The zero-order chi connectivity index (χ0) is 18.2. The third-order valence-corrected chi connectivity index (χ3v) is 3.83. The van der Waals surface area contributed by atoms with Gasteiger partial charge in [0.15, 0.2) is 6.61 Å². The zero-order valence-corrected chi connectivity index (χ0v) is 14.3. The summed E-state index contributed by atoms with van der Waals surface area (Å²) in [7, 11) is 0. The van der Waals surface area contributed by atoms with Crippen molar-refractivity contribution in [2.45, 2.75) is 26.2 Å². The molecule has 1 atom stereocenters. The number of phenols is 2. The molecular weight excluding hydrogens is 320 g/mol. The Balaban J connectivity index is 1.90. The first-order valence-corrected chi connectivity index (χ1v) is 8.06. The fourth-order valence-corrected chi connectivity index (χ4v) is 2.23. The number of hydrogen-bond donors (Lipinski definition) is 3. The third-order valence-electron chi connectivity index (χ3n) is 3.83. The number of carbonyl (C=O) groups is 1. The number of ether oxygens (including phenoxy) is 1. The van der Waals surface area contributed by atoms with Gasteiger partial charge in [-0.3, -0.25) is 4.79 Å². The molecule has 1 unspecified atom stereocenters. The Morgan fingerprint density at radius 3 is 2.76 bits per heavy atom. The molecule has 0 aromatic heterocycles. The van der Waals surface area contributed by atoms with Crippen molar-refractivity contribution in [2.75, 3.05) is 6.61 Å². The van der Waals surface area contributed by atoms with Crippen LogP contribution in [0, 0.1) is 0 Å². The Morgan fingerprint density at radius 2 is 2.04 bits per heavy atom. The SMILES string of the molecule is CCC(C)c1ccccc1OCC(=O)NN=Cc1ccc(O)cc1O. The summed E-state index contributed by atoms with van der Waals surface area (Å²) in [5.41, 5.74) is 3.78. The Labute approximate surface area is 146 Å². The number of benzene rings is 2. The van der Waals surface area contributed by atoms with E-state index in [9.17, 15) is 15.0 Å². The van der Waals surface area contributed by atoms with Crippen LogP contribution < -0.4 is 10.2 Å². The summed E-state index contributed by atoms with van der Waals surface area (Å²) in [6, 6.07) is 11.7. The van der Waals surface area contributed by atoms with Crippen LogP contribution in [-0.2, 0) is 4.79 Å². The Kier molecular flexibility index (Phi) is 6.39. The number of amides is 1. The van der Waals surface area contributed by atoms with Crippen LogP contribution in [-0.4, -0.2) is 28.9 Å². The van der Waals surface area contributed by atoms with Crippen LogP contribution in [0.5, 0.6) is 17.2 Å². The lowest BCUT2D eigenvalue weighted by atomic mass is 9.98.